The Bertz CT molecular complexity index is 733. The van der Waals surface area contributed by atoms with Crippen molar-refractivity contribution in [3.63, 3.8) is 0 Å². The van der Waals surface area contributed by atoms with Crippen molar-refractivity contribution in [1.82, 2.24) is 0 Å². The van der Waals surface area contributed by atoms with Crippen molar-refractivity contribution in [2.75, 3.05) is 0 Å². The Morgan fingerprint density at radius 1 is 1.23 bits per heavy atom. The van der Waals surface area contributed by atoms with Crippen molar-refractivity contribution in [2.45, 2.75) is 72.1 Å². The fourth-order valence-electron chi connectivity index (χ4n) is 7.69. The van der Waals surface area contributed by atoms with Gasteiger partial charge in [0.15, 0.2) is 0 Å². The van der Waals surface area contributed by atoms with Crippen LogP contribution in [0.1, 0.15) is 72.1 Å². The molecule has 140 valence electrons. The van der Waals surface area contributed by atoms with Gasteiger partial charge in [0.05, 0.1) is 0 Å². The smallest absolute Gasteiger partial charge is 0.0104 e. The summed E-state index contributed by atoms with van der Waals surface area (Å²) in [6, 6.07) is 0. The second kappa shape index (κ2) is 5.49. The number of hydrogen-bond acceptors (Lipinski definition) is 0. The Hall–Kier alpha value is -1.04. The lowest BCUT2D eigenvalue weighted by Crippen LogP contribution is -2.45. The van der Waals surface area contributed by atoms with E-state index in [0.717, 1.165) is 36.0 Å². The van der Waals surface area contributed by atoms with E-state index >= 15 is 0 Å². The maximum absolute atomic E-state index is 4.35. The van der Waals surface area contributed by atoms with E-state index in [4.69, 9.17) is 0 Å². The third kappa shape index (κ3) is 2.14. The van der Waals surface area contributed by atoms with Gasteiger partial charge >= 0.3 is 0 Å². The highest BCUT2D eigenvalue weighted by Gasteiger charge is 2.64. The van der Waals surface area contributed by atoms with Gasteiger partial charge in [0.1, 0.15) is 0 Å². The Labute approximate surface area is 160 Å². The molecule has 0 spiro atoms. The summed E-state index contributed by atoms with van der Waals surface area (Å²) in [5.41, 5.74) is 7.35. The summed E-state index contributed by atoms with van der Waals surface area (Å²) in [5, 5.41) is 0. The molecular weight excluding hydrogens is 312 g/mol. The van der Waals surface area contributed by atoms with Crippen LogP contribution in [0.3, 0.4) is 0 Å². The SMILES string of the molecule is C=C1C=C2C3CC3C3C(=CCC4(C)C(CC(=C)CC)CCC34)C2(C)CC1. The fraction of sp³-hybridized carbons (Fsp3) is 0.692. The zero-order valence-electron chi connectivity index (χ0n) is 17.1. The van der Waals surface area contributed by atoms with Crippen molar-refractivity contribution >= 4 is 0 Å². The minimum atomic E-state index is 0.357. The van der Waals surface area contributed by atoms with E-state index in [9.17, 15) is 0 Å². The van der Waals surface area contributed by atoms with Crippen LogP contribution in [0.25, 0.3) is 0 Å². The minimum Gasteiger partial charge on any atom is -0.0999 e. The van der Waals surface area contributed by atoms with E-state index in [1.54, 1.807) is 5.57 Å². The quantitative estimate of drug-likeness (QED) is 0.471. The third-order valence-corrected chi connectivity index (χ3v) is 9.48. The second-order valence-corrected chi connectivity index (χ2v) is 10.7. The zero-order chi connectivity index (χ0) is 18.3. The molecule has 3 saturated carbocycles. The van der Waals surface area contributed by atoms with Crippen LogP contribution in [0, 0.1) is 40.4 Å². The van der Waals surface area contributed by atoms with Crippen molar-refractivity contribution in [3.8, 4) is 0 Å². The molecule has 5 aliphatic carbocycles. The molecule has 26 heavy (non-hydrogen) atoms. The van der Waals surface area contributed by atoms with Gasteiger partial charge in [-0.05, 0) is 86.4 Å². The van der Waals surface area contributed by atoms with E-state index in [1.807, 2.05) is 5.57 Å². The zero-order valence-corrected chi connectivity index (χ0v) is 17.1. The monoisotopic (exact) mass is 348 g/mol. The molecule has 0 bridgehead atoms. The molecule has 0 radical (unpaired) electrons. The fourth-order valence-corrected chi connectivity index (χ4v) is 7.69. The summed E-state index contributed by atoms with van der Waals surface area (Å²) in [6.45, 7) is 16.1. The Balaban J connectivity index is 1.52. The predicted molar refractivity (Wildman–Crippen MR) is 111 cm³/mol. The average molecular weight is 349 g/mol. The molecule has 0 N–H and O–H groups in total. The van der Waals surface area contributed by atoms with E-state index in [-0.39, 0.29) is 0 Å². The predicted octanol–water partition coefficient (Wildman–Crippen LogP) is 7.25. The third-order valence-electron chi connectivity index (χ3n) is 9.48. The first kappa shape index (κ1) is 17.1. The summed E-state index contributed by atoms with van der Waals surface area (Å²) < 4.78 is 0. The first-order chi connectivity index (χ1) is 12.4. The number of allylic oxidation sites excluding steroid dienone is 6. The average Bonchev–Trinajstić information content (AvgIpc) is 3.34. The van der Waals surface area contributed by atoms with Gasteiger partial charge in [0.2, 0.25) is 0 Å². The van der Waals surface area contributed by atoms with Gasteiger partial charge in [-0.3, -0.25) is 0 Å². The summed E-state index contributed by atoms with van der Waals surface area (Å²) in [7, 11) is 0. The largest absolute Gasteiger partial charge is 0.0999 e. The lowest BCUT2D eigenvalue weighted by Gasteiger charge is -2.53. The van der Waals surface area contributed by atoms with Crippen molar-refractivity contribution in [1.29, 1.82) is 0 Å². The van der Waals surface area contributed by atoms with Crippen LogP contribution in [-0.2, 0) is 0 Å². The van der Waals surface area contributed by atoms with Crippen LogP contribution in [0.2, 0.25) is 0 Å². The highest BCUT2D eigenvalue weighted by molar-refractivity contribution is 5.48. The highest BCUT2D eigenvalue weighted by Crippen LogP contribution is 2.73. The summed E-state index contributed by atoms with van der Waals surface area (Å²) in [4.78, 5) is 0. The van der Waals surface area contributed by atoms with Gasteiger partial charge in [-0.15, -0.1) is 0 Å². The molecule has 3 fully saturated rings. The molecule has 0 aromatic heterocycles. The van der Waals surface area contributed by atoms with Gasteiger partial charge in [-0.2, -0.15) is 0 Å². The van der Waals surface area contributed by atoms with Crippen molar-refractivity contribution in [3.05, 3.63) is 47.6 Å². The molecule has 7 unspecified atom stereocenters. The first-order valence-electron chi connectivity index (χ1n) is 11.2. The van der Waals surface area contributed by atoms with Crippen LogP contribution in [0.5, 0.6) is 0 Å². The lowest BCUT2D eigenvalue weighted by atomic mass is 9.51. The van der Waals surface area contributed by atoms with E-state index in [1.165, 1.54) is 56.1 Å². The summed E-state index contributed by atoms with van der Waals surface area (Å²) >= 11 is 0. The molecule has 0 aromatic carbocycles. The van der Waals surface area contributed by atoms with Gasteiger partial charge in [-0.25, -0.2) is 0 Å². The molecule has 0 heterocycles. The molecular formula is C26H36. The molecule has 0 aliphatic heterocycles. The van der Waals surface area contributed by atoms with Crippen molar-refractivity contribution < 1.29 is 0 Å². The Morgan fingerprint density at radius 3 is 2.81 bits per heavy atom. The highest BCUT2D eigenvalue weighted by atomic mass is 14.7. The minimum absolute atomic E-state index is 0.357. The van der Waals surface area contributed by atoms with Crippen LogP contribution < -0.4 is 0 Å². The molecule has 0 nitrogen and oxygen atoms in total. The lowest BCUT2D eigenvalue weighted by molar-refractivity contribution is 0.0781. The topological polar surface area (TPSA) is 0 Å². The van der Waals surface area contributed by atoms with E-state index < -0.39 is 0 Å². The van der Waals surface area contributed by atoms with E-state index in [0.29, 0.717) is 10.8 Å². The Morgan fingerprint density at radius 2 is 2.04 bits per heavy atom. The van der Waals surface area contributed by atoms with Gasteiger partial charge < -0.3 is 0 Å². The normalized spacial score (nSPS) is 48.6. The second-order valence-electron chi connectivity index (χ2n) is 10.7. The van der Waals surface area contributed by atoms with Crippen molar-refractivity contribution in [2.24, 2.45) is 40.4 Å². The molecule has 0 saturated heterocycles. The molecule has 7 atom stereocenters. The molecule has 5 aliphatic rings. The Kier molecular flexibility index (Phi) is 3.61. The van der Waals surface area contributed by atoms with Gasteiger partial charge in [0.25, 0.3) is 0 Å². The van der Waals surface area contributed by atoms with Gasteiger partial charge in [0, 0.05) is 5.41 Å². The van der Waals surface area contributed by atoms with Crippen LogP contribution >= 0.6 is 0 Å². The maximum Gasteiger partial charge on any atom is 0.0104 e. The number of hydrogen-bond donors (Lipinski definition) is 0. The number of rotatable bonds is 3. The summed E-state index contributed by atoms with van der Waals surface area (Å²) in [6.07, 6.45) is 15.8. The summed E-state index contributed by atoms with van der Waals surface area (Å²) in [5.74, 6) is 4.50. The van der Waals surface area contributed by atoms with Crippen LogP contribution in [-0.4, -0.2) is 0 Å². The van der Waals surface area contributed by atoms with E-state index in [2.05, 4.69) is 46.1 Å². The standard InChI is InChI=1S/C26H36/c1-6-16(2)13-18-7-8-21-24-20-15-19(20)23-14-17(3)9-11-26(23,5)22(24)10-12-25(18,21)4/h10,14,18-21,24H,2-3,6-9,11-13,15H2,1,4-5H3. The molecule has 0 heteroatoms. The molecule has 0 amide bonds. The van der Waals surface area contributed by atoms with Crippen LogP contribution in [0.15, 0.2) is 47.6 Å². The van der Waals surface area contributed by atoms with Gasteiger partial charge in [-0.1, -0.05) is 68.4 Å². The van der Waals surface area contributed by atoms with Crippen LogP contribution in [0.4, 0.5) is 0 Å². The number of fused-ring (bicyclic) bond motifs is 8. The first-order valence-corrected chi connectivity index (χ1v) is 11.2. The maximum atomic E-state index is 4.35. The molecule has 0 aromatic rings. The molecule has 5 rings (SSSR count).